The summed E-state index contributed by atoms with van der Waals surface area (Å²) in [4.78, 5) is 20.2. The van der Waals surface area contributed by atoms with E-state index in [0.717, 1.165) is 46.8 Å². The predicted molar refractivity (Wildman–Crippen MR) is 154 cm³/mol. The molecule has 2 aromatic carbocycles. The average molecular weight is 551 g/mol. The zero-order chi connectivity index (χ0) is 26.9. The number of thiophene rings is 1. The molecule has 4 aromatic rings. The van der Waals surface area contributed by atoms with Gasteiger partial charge in [-0.3, -0.25) is 0 Å². The van der Waals surface area contributed by atoms with E-state index in [-0.39, 0.29) is 5.97 Å². The molecule has 0 spiro atoms. The van der Waals surface area contributed by atoms with E-state index in [2.05, 4.69) is 51.1 Å². The van der Waals surface area contributed by atoms with E-state index in [4.69, 9.17) is 9.47 Å². The van der Waals surface area contributed by atoms with Gasteiger partial charge in [0.15, 0.2) is 0 Å². The maximum atomic E-state index is 12.2. The summed E-state index contributed by atoms with van der Waals surface area (Å²) < 4.78 is 11.6. The van der Waals surface area contributed by atoms with Crippen molar-refractivity contribution >= 4 is 66.1 Å². The standard InChI is InChI=1S/C27H30N6O3S2/c1-5-8-15-36-26(34)24-17-23-25(37-24)28-27(38-23)32-31-21-14-11-19(16-22(21)35-4)30-29-18-9-12-20(13-10-18)33(6-2)7-3/h9-14,16-17H,5-8,15H2,1-4H3. The lowest BCUT2D eigenvalue weighted by molar-refractivity contribution is 0.0505. The lowest BCUT2D eigenvalue weighted by Gasteiger charge is -2.20. The van der Waals surface area contributed by atoms with E-state index >= 15 is 0 Å². The van der Waals surface area contributed by atoms with Gasteiger partial charge in [-0.25, -0.2) is 9.78 Å². The van der Waals surface area contributed by atoms with Crippen LogP contribution in [0.4, 0.5) is 27.9 Å². The minimum absolute atomic E-state index is 0.310. The SMILES string of the molecule is CCCCOC(=O)c1cc2sc(N=Nc3ccc(N=Nc4ccc(N(CC)CC)cc4)cc3OC)nc2s1. The Hall–Kier alpha value is -3.70. The van der Waals surface area contributed by atoms with Gasteiger partial charge in [-0.15, -0.1) is 21.6 Å². The highest BCUT2D eigenvalue weighted by Gasteiger charge is 2.15. The summed E-state index contributed by atoms with van der Waals surface area (Å²) in [6.45, 7) is 8.67. The minimum atomic E-state index is -0.310. The average Bonchev–Trinajstić information content (AvgIpc) is 3.52. The molecule has 0 N–H and O–H groups in total. The van der Waals surface area contributed by atoms with Crippen molar-refractivity contribution in [2.45, 2.75) is 33.6 Å². The molecule has 0 atom stereocenters. The summed E-state index contributed by atoms with van der Waals surface area (Å²) in [5, 5.41) is 17.8. The third-order valence-electron chi connectivity index (χ3n) is 5.68. The van der Waals surface area contributed by atoms with Gasteiger partial charge in [0, 0.05) is 24.8 Å². The van der Waals surface area contributed by atoms with Crippen molar-refractivity contribution in [3.63, 3.8) is 0 Å². The Morgan fingerprint density at radius 1 is 0.921 bits per heavy atom. The van der Waals surface area contributed by atoms with E-state index < -0.39 is 0 Å². The van der Waals surface area contributed by atoms with Gasteiger partial charge in [-0.1, -0.05) is 24.7 Å². The molecule has 0 saturated heterocycles. The molecular formula is C27H30N6O3S2. The van der Waals surface area contributed by atoms with Gasteiger partial charge in [-0.2, -0.15) is 10.2 Å². The number of aromatic nitrogens is 1. The maximum Gasteiger partial charge on any atom is 0.348 e. The summed E-state index contributed by atoms with van der Waals surface area (Å²) in [7, 11) is 1.57. The quantitative estimate of drug-likeness (QED) is 0.0995. The number of carbonyl (C=O) groups is 1. The highest BCUT2D eigenvalue weighted by Crippen LogP contribution is 2.37. The van der Waals surface area contributed by atoms with E-state index in [1.807, 2.05) is 30.3 Å². The second-order valence-corrected chi connectivity index (χ2v) is 10.3. The monoisotopic (exact) mass is 550 g/mol. The fourth-order valence-electron chi connectivity index (χ4n) is 3.59. The molecule has 0 fully saturated rings. The highest BCUT2D eigenvalue weighted by atomic mass is 32.1. The number of rotatable bonds is 12. The Morgan fingerprint density at radius 3 is 2.34 bits per heavy atom. The molecule has 38 heavy (non-hydrogen) atoms. The van der Waals surface area contributed by atoms with Gasteiger partial charge in [0.05, 0.1) is 29.8 Å². The zero-order valence-electron chi connectivity index (χ0n) is 21.9. The van der Waals surface area contributed by atoms with Gasteiger partial charge in [-0.05, 0) is 62.7 Å². The van der Waals surface area contributed by atoms with Crippen molar-refractivity contribution in [1.29, 1.82) is 0 Å². The third kappa shape index (κ3) is 6.78. The summed E-state index contributed by atoms with van der Waals surface area (Å²) in [6.07, 6.45) is 1.83. The number of thiazole rings is 1. The second kappa shape index (κ2) is 13.2. The number of ether oxygens (including phenoxy) is 2. The van der Waals surface area contributed by atoms with Crippen LogP contribution in [-0.2, 0) is 4.74 Å². The molecule has 0 radical (unpaired) electrons. The first-order valence-electron chi connectivity index (χ1n) is 12.5. The van der Waals surface area contributed by atoms with Crippen LogP contribution in [0.25, 0.3) is 9.53 Å². The molecular weight excluding hydrogens is 520 g/mol. The van der Waals surface area contributed by atoms with Crippen molar-refractivity contribution in [2.75, 3.05) is 31.7 Å². The number of carbonyl (C=O) groups excluding carboxylic acids is 1. The van der Waals surface area contributed by atoms with Crippen molar-refractivity contribution in [1.82, 2.24) is 4.98 Å². The molecule has 0 aliphatic rings. The zero-order valence-corrected chi connectivity index (χ0v) is 23.5. The Bertz CT molecular complexity index is 1390. The molecule has 9 nitrogen and oxygen atoms in total. The lowest BCUT2D eigenvalue weighted by Crippen LogP contribution is -2.21. The van der Waals surface area contributed by atoms with E-state index in [0.29, 0.717) is 33.7 Å². The van der Waals surface area contributed by atoms with Crippen molar-refractivity contribution < 1.29 is 14.3 Å². The number of nitrogens with zero attached hydrogens (tertiary/aromatic N) is 6. The lowest BCUT2D eigenvalue weighted by atomic mass is 10.2. The molecule has 0 amide bonds. The van der Waals surface area contributed by atoms with Crippen LogP contribution < -0.4 is 9.64 Å². The molecule has 198 valence electrons. The Balaban J connectivity index is 1.42. The Labute approximate surface area is 229 Å². The van der Waals surface area contributed by atoms with Crippen LogP contribution in [0.3, 0.4) is 0 Å². The van der Waals surface area contributed by atoms with Gasteiger partial charge in [0.25, 0.3) is 0 Å². The van der Waals surface area contributed by atoms with Crippen LogP contribution >= 0.6 is 22.7 Å². The summed E-state index contributed by atoms with van der Waals surface area (Å²) in [5.74, 6) is 0.216. The van der Waals surface area contributed by atoms with Gasteiger partial charge in [0.1, 0.15) is 21.1 Å². The van der Waals surface area contributed by atoms with Crippen molar-refractivity contribution in [3.05, 3.63) is 53.4 Å². The number of benzene rings is 2. The fraction of sp³-hybridized carbons (Fsp3) is 0.333. The molecule has 4 rings (SSSR count). The Morgan fingerprint density at radius 2 is 1.66 bits per heavy atom. The van der Waals surface area contributed by atoms with Gasteiger partial charge >= 0.3 is 5.97 Å². The topological polar surface area (TPSA) is 101 Å². The molecule has 0 unspecified atom stereocenters. The number of methoxy groups -OCH3 is 1. The van der Waals surface area contributed by atoms with E-state index in [9.17, 15) is 4.79 Å². The largest absolute Gasteiger partial charge is 0.494 e. The second-order valence-electron chi connectivity index (χ2n) is 8.21. The van der Waals surface area contributed by atoms with Gasteiger partial charge in [0.2, 0.25) is 5.13 Å². The number of hydrogen-bond acceptors (Lipinski definition) is 11. The van der Waals surface area contributed by atoms with Crippen LogP contribution in [-0.4, -0.2) is 37.8 Å². The number of anilines is 1. The first-order chi connectivity index (χ1) is 18.5. The predicted octanol–water partition coefficient (Wildman–Crippen LogP) is 9.00. The number of fused-ring (bicyclic) bond motifs is 1. The highest BCUT2D eigenvalue weighted by molar-refractivity contribution is 7.29. The van der Waals surface area contributed by atoms with E-state index in [1.165, 1.54) is 22.7 Å². The van der Waals surface area contributed by atoms with Crippen LogP contribution in [0.5, 0.6) is 5.75 Å². The number of unbranched alkanes of at least 4 members (excludes halogenated alkanes) is 1. The third-order valence-corrected chi connectivity index (χ3v) is 7.70. The summed E-state index contributed by atoms with van der Waals surface area (Å²) in [5.41, 5.74) is 3.12. The molecule has 2 heterocycles. The van der Waals surface area contributed by atoms with Crippen LogP contribution in [0, 0.1) is 0 Å². The molecule has 0 saturated carbocycles. The first-order valence-corrected chi connectivity index (χ1v) is 14.1. The summed E-state index contributed by atoms with van der Waals surface area (Å²) >= 11 is 2.66. The smallest absolute Gasteiger partial charge is 0.348 e. The molecule has 2 aromatic heterocycles. The van der Waals surface area contributed by atoms with Gasteiger partial charge < -0.3 is 14.4 Å². The normalized spacial score (nSPS) is 11.6. The van der Waals surface area contributed by atoms with Crippen molar-refractivity contribution in [2.24, 2.45) is 20.5 Å². The summed E-state index contributed by atoms with van der Waals surface area (Å²) in [6, 6.07) is 15.1. The van der Waals surface area contributed by atoms with Crippen molar-refractivity contribution in [3.8, 4) is 5.75 Å². The van der Waals surface area contributed by atoms with Crippen LogP contribution in [0.2, 0.25) is 0 Å². The first kappa shape index (κ1) is 27.3. The van der Waals surface area contributed by atoms with E-state index in [1.54, 1.807) is 25.3 Å². The number of hydrogen-bond donors (Lipinski definition) is 0. The maximum absolute atomic E-state index is 12.2. The molecule has 0 bridgehead atoms. The number of esters is 1. The molecule has 0 aliphatic carbocycles. The number of azo groups is 2. The molecule has 0 aliphatic heterocycles. The van der Waals surface area contributed by atoms with Crippen LogP contribution in [0.1, 0.15) is 43.3 Å². The van der Waals surface area contributed by atoms with Crippen LogP contribution in [0.15, 0.2) is 69.0 Å². The Kier molecular flexibility index (Phi) is 9.50. The molecule has 11 heteroatoms. The minimum Gasteiger partial charge on any atom is -0.494 e. The fourth-order valence-corrected chi connectivity index (χ4v) is 5.52.